The van der Waals surface area contributed by atoms with E-state index in [0.717, 1.165) is 19.4 Å². The van der Waals surface area contributed by atoms with Gasteiger partial charge in [0.2, 0.25) is 0 Å². The summed E-state index contributed by atoms with van der Waals surface area (Å²) in [7, 11) is 1.26. The molecule has 3 atom stereocenters. The molecule has 0 aliphatic carbocycles. The molecule has 8 heteroatoms. The second-order valence-corrected chi connectivity index (χ2v) is 7.00. The number of amides is 1. The molecule has 2 rings (SSSR count). The van der Waals surface area contributed by atoms with Crippen molar-refractivity contribution in [2.24, 2.45) is 5.92 Å². The highest BCUT2D eigenvalue weighted by molar-refractivity contribution is 5.92. The Bertz CT molecular complexity index is 683. The second-order valence-electron chi connectivity index (χ2n) is 7.00. The standard InChI is InChI=1S/C21H29NO7/c1-4-14(2)19(21(25)26-3)22-18(23)13-29-20(24)15-7-9-16(10-8-15)28-12-17-6-5-11-27-17/h7-10,14,17,19H,4-6,11-13H2,1-3H3,(H,22,23)/t14-,17+,19-/m1/s1. The van der Waals surface area contributed by atoms with E-state index in [1.807, 2.05) is 13.8 Å². The second kappa shape index (κ2) is 11.4. The summed E-state index contributed by atoms with van der Waals surface area (Å²) in [6, 6.07) is 5.70. The number of esters is 2. The summed E-state index contributed by atoms with van der Waals surface area (Å²) >= 11 is 0. The Labute approximate surface area is 170 Å². The quantitative estimate of drug-likeness (QED) is 0.593. The van der Waals surface area contributed by atoms with Gasteiger partial charge in [0, 0.05) is 6.61 Å². The van der Waals surface area contributed by atoms with Crippen molar-refractivity contribution in [3.05, 3.63) is 29.8 Å². The first-order valence-electron chi connectivity index (χ1n) is 9.83. The van der Waals surface area contributed by atoms with Crippen LogP contribution in [0.5, 0.6) is 5.75 Å². The third kappa shape index (κ3) is 7.05. The highest BCUT2D eigenvalue weighted by Gasteiger charge is 2.27. The van der Waals surface area contributed by atoms with Gasteiger partial charge in [0.05, 0.1) is 18.8 Å². The fraction of sp³-hybridized carbons (Fsp3) is 0.571. The molecule has 1 aliphatic rings. The molecule has 160 valence electrons. The molecule has 1 saturated heterocycles. The van der Waals surface area contributed by atoms with E-state index in [0.29, 0.717) is 24.3 Å². The van der Waals surface area contributed by atoms with Crippen LogP contribution in [0.3, 0.4) is 0 Å². The lowest BCUT2D eigenvalue weighted by atomic mass is 9.99. The molecule has 8 nitrogen and oxygen atoms in total. The number of carbonyl (C=O) groups excluding carboxylic acids is 3. The van der Waals surface area contributed by atoms with Crippen LogP contribution in [-0.4, -0.2) is 56.9 Å². The molecule has 0 bridgehead atoms. The van der Waals surface area contributed by atoms with Crippen molar-refractivity contribution >= 4 is 17.8 Å². The lowest BCUT2D eigenvalue weighted by Gasteiger charge is -2.21. The van der Waals surface area contributed by atoms with Crippen LogP contribution in [0.4, 0.5) is 0 Å². The number of ether oxygens (including phenoxy) is 4. The third-order valence-corrected chi connectivity index (χ3v) is 4.87. The van der Waals surface area contributed by atoms with Crippen molar-refractivity contribution in [3.63, 3.8) is 0 Å². The van der Waals surface area contributed by atoms with Gasteiger partial charge in [-0.25, -0.2) is 9.59 Å². The van der Waals surface area contributed by atoms with Crippen molar-refractivity contribution in [2.75, 3.05) is 26.9 Å². The molecule has 1 aliphatic heterocycles. The molecule has 0 unspecified atom stereocenters. The molecule has 1 amide bonds. The number of rotatable bonds is 10. The van der Waals surface area contributed by atoms with Crippen LogP contribution in [0.1, 0.15) is 43.5 Å². The minimum absolute atomic E-state index is 0.107. The van der Waals surface area contributed by atoms with Gasteiger partial charge < -0.3 is 24.3 Å². The van der Waals surface area contributed by atoms with Crippen LogP contribution in [-0.2, 0) is 23.8 Å². The highest BCUT2D eigenvalue weighted by Crippen LogP contribution is 2.17. The fourth-order valence-corrected chi connectivity index (χ4v) is 2.88. The average Bonchev–Trinajstić information content (AvgIpc) is 3.27. The van der Waals surface area contributed by atoms with E-state index in [2.05, 4.69) is 5.32 Å². The number of hydrogen-bond donors (Lipinski definition) is 1. The maximum atomic E-state index is 12.1. The van der Waals surface area contributed by atoms with Crippen LogP contribution in [0, 0.1) is 5.92 Å². The minimum Gasteiger partial charge on any atom is -0.491 e. The molecule has 0 radical (unpaired) electrons. The molecular formula is C21H29NO7. The topological polar surface area (TPSA) is 100 Å². The Morgan fingerprint density at radius 1 is 1.24 bits per heavy atom. The van der Waals surface area contributed by atoms with Gasteiger partial charge in [-0.15, -0.1) is 0 Å². The van der Waals surface area contributed by atoms with Crippen molar-refractivity contribution in [3.8, 4) is 5.75 Å². The average molecular weight is 407 g/mol. The number of carbonyl (C=O) groups is 3. The highest BCUT2D eigenvalue weighted by atomic mass is 16.5. The van der Waals surface area contributed by atoms with E-state index in [1.165, 1.54) is 7.11 Å². The van der Waals surface area contributed by atoms with Crippen molar-refractivity contribution < 1.29 is 33.3 Å². The summed E-state index contributed by atoms with van der Waals surface area (Å²) < 4.78 is 20.9. The van der Waals surface area contributed by atoms with Gasteiger partial charge in [0.25, 0.3) is 5.91 Å². The molecule has 0 saturated carbocycles. The van der Waals surface area contributed by atoms with Gasteiger partial charge in [-0.1, -0.05) is 20.3 Å². The molecule has 0 spiro atoms. The van der Waals surface area contributed by atoms with E-state index < -0.39 is 30.5 Å². The number of benzene rings is 1. The molecule has 1 fully saturated rings. The molecular weight excluding hydrogens is 378 g/mol. The summed E-state index contributed by atoms with van der Waals surface area (Å²) in [4.78, 5) is 36.0. The Hall–Kier alpha value is -2.61. The Morgan fingerprint density at radius 3 is 2.55 bits per heavy atom. The Morgan fingerprint density at radius 2 is 1.97 bits per heavy atom. The van der Waals surface area contributed by atoms with Crippen LogP contribution < -0.4 is 10.1 Å². The zero-order valence-electron chi connectivity index (χ0n) is 17.1. The molecule has 1 aromatic rings. The van der Waals surface area contributed by atoms with E-state index in [1.54, 1.807) is 24.3 Å². The fourth-order valence-electron chi connectivity index (χ4n) is 2.88. The molecule has 1 aromatic carbocycles. The number of nitrogens with one attached hydrogen (secondary N) is 1. The zero-order chi connectivity index (χ0) is 21.2. The maximum Gasteiger partial charge on any atom is 0.338 e. The first-order valence-corrected chi connectivity index (χ1v) is 9.83. The minimum atomic E-state index is -0.781. The van der Waals surface area contributed by atoms with Crippen LogP contribution in [0.25, 0.3) is 0 Å². The molecule has 1 N–H and O–H groups in total. The Kier molecular flexibility index (Phi) is 8.92. The normalized spacial score (nSPS) is 17.8. The first kappa shape index (κ1) is 22.7. The van der Waals surface area contributed by atoms with Crippen molar-refractivity contribution in [2.45, 2.75) is 45.3 Å². The van der Waals surface area contributed by atoms with Crippen molar-refractivity contribution in [1.82, 2.24) is 5.32 Å². The first-order chi connectivity index (χ1) is 13.9. The van der Waals surface area contributed by atoms with E-state index >= 15 is 0 Å². The predicted molar refractivity (Wildman–Crippen MR) is 105 cm³/mol. The van der Waals surface area contributed by atoms with Gasteiger partial charge in [-0.05, 0) is 43.0 Å². The SMILES string of the molecule is CC[C@@H](C)[C@@H](NC(=O)COC(=O)c1ccc(OC[C@@H]2CCCO2)cc1)C(=O)OC. The molecule has 0 aromatic heterocycles. The van der Waals surface area contributed by atoms with Crippen LogP contribution in [0.2, 0.25) is 0 Å². The summed E-state index contributed by atoms with van der Waals surface area (Å²) in [6.07, 6.45) is 2.83. The number of methoxy groups -OCH3 is 1. The molecule has 1 heterocycles. The zero-order valence-corrected chi connectivity index (χ0v) is 17.1. The van der Waals surface area contributed by atoms with Crippen LogP contribution >= 0.6 is 0 Å². The maximum absolute atomic E-state index is 12.1. The lowest BCUT2D eigenvalue weighted by Crippen LogP contribution is -2.47. The van der Waals surface area contributed by atoms with Gasteiger partial charge in [0.15, 0.2) is 6.61 Å². The van der Waals surface area contributed by atoms with Crippen LogP contribution in [0.15, 0.2) is 24.3 Å². The van der Waals surface area contributed by atoms with Gasteiger partial charge in [0.1, 0.15) is 18.4 Å². The summed E-state index contributed by atoms with van der Waals surface area (Å²) in [5.74, 6) is -1.21. The summed E-state index contributed by atoms with van der Waals surface area (Å²) in [5, 5.41) is 2.56. The van der Waals surface area contributed by atoms with E-state index in [-0.39, 0.29) is 12.0 Å². The third-order valence-electron chi connectivity index (χ3n) is 4.87. The predicted octanol–water partition coefficient (Wildman–Crippen LogP) is 2.11. The van der Waals surface area contributed by atoms with Crippen molar-refractivity contribution in [1.29, 1.82) is 0 Å². The van der Waals surface area contributed by atoms with E-state index in [4.69, 9.17) is 18.9 Å². The lowest BCUT2D eigenvalue weighted by molar-refractivity contribution is -0.147. The largest absolute Gasteiger partial charge is 0.491 e. The van der Waals surface area contributed by atoms with E-state index in [9.17, 15) is 14.4 Å². The summed E-state index contributed by atoms with van der Waals surface area (Å²) in [5.41, 5.74) is 0.300. The van der Waals surface area contributed by atoms with Gasteiger partial charge in [-0.3, -0.25) is 4.79 Å². The van der Waals surface area contributed by atoms with Gasteiger partial charge >= 0.3 is 11.9 Å². The Balaban J connectivity index is 1.79. The summed E-state index contributed by atoms with van der Waals surface area (Å²) in [6.45, 7) is 4.49. The van der Waals surface area contributed by atoms with Gasteiger partial charge in [-0.2, -0.15) is 0 Å². The smallest absolute Gasteiger partial charge is 0.338 e. The number of hydrogen-bond acceptors (Lipinski definition) is 7. The monoisotopic (exact) mass is 407 g/mol. The molecule has 29 heavy (non-hydrogen) atoms.